The molecule has 15 heavy (non-hydrogen) atoms. The fourth-order valence-corrected chi connectivity index (χ4v) is 1.90. The van der Waals surface area contributed by atoms with Crippen molar-refractivity contribution < 1.29 is 0 Å². The fourth-order valence-electron chi connectivity index (χ4n) is 1.90. The molecule has 1 aliphatic heterocycles. The van der Waals surface area contributed by atoms with Crippen LogP contribution in [0.1, 0.15) is 25.2 Å². The molecule has 76 valence electrons. The van der Waals surface area contributed by atoms with E-state index in [-0.39, 0.29) is 6.04 Å². The van der Waals surface area contributed by atoms with Crippen molar-refractivity contribution >= 4 is 5.69 Å². The van der Waals surface area contributed by atoms with E-state index < -0.39 is 0 Å². The van der Waals surface area contributed by atoms with Gasteiger partial charge in [-0.15, -0.1) is 5.10 Å². The molecule has 1 unspecified atom stereocenters. The van der Waals surface area contributed by atoms with Crippen LogP contribution in [0.15, 0.2) is 24.3 Å². The number of tetrazole rings is 1. The molecule has 5 nitrogen and oxygen atoms in total. The highest BCUT2D eigenvalue weighted by molar-refractivity contribution is 5.63. The number of nitrogens with one attached hydrogen (secondary N) is 1. The number of benzene rings is 1. The molecule has 1 aromatic carbocycles. The van der Waals surface area contributed by atoms with E-state index in [2.05, 4.69) is 27.8 Å². The van der Waals surface area contributed by atoms with Crippen molar-refractivity contribution in [2.75, 3.05) is 5.32 Å². The van der Waals surface area contributed by atoms with Crippen LogP contribution in [0.25, 0.3) is 5.69 Å². The molecule has 2 heterocycles. The van der Waals surface area contributed by atoms with Gasteiger partial charge in [0.15, 0.2) is 5.82 Å². The van der Waals surface area contributed by atoms with Gasteiger partial charge in [0.1, 0.15) is 0 Å². The molecular weight excluding hydrogens is 190 g/mol. The monoisotopic (exact) mass is 201 g/mol. The number of hydrogen-bond acceptors (Lipinski definition) is 4. The third kappa shape index (κ3) is 1.12. The van der Waals surface area contributed by atoms with Crippen LogP contribution in [-0.4, -0.2) is 20.2 Å². The van der Waals surface area contributed by atoms with Crippen molar-refractivity contribution in [1.82, 2.24) is 20.2 Å². The summed E-state index contributed by atoms with van der Waals surface area (Å²) in [6.45, 7) is 2.12. The molecule has 1 aromatic heterocycles. The normalized spacial score (nSPS) is 17.8. The summed E-state index contributed by atoms with van der Waals surface area (Å²) in [5.41, 5.74) is 2.10. The molecule has 1 atom stereocenters. The van der Waals surface area contributed by atoms with Crippen molar-refractivity contribution in [3.63, 3.8) is 0 Å². The second kappa shape index (κ2) is 3.05. The molecule has 1 aliphatic rings. The first kappa shape index (κ1) is 8.40. The Morgan fingerprint density at radius 3 is 3.13 bits per heavy atom. The molecule has 5 heteroatoms. The standard InChI is InChI=1S/C10H11N5/c1-2-7-10-12-13-14-15(10)9-6-4-3-5-8(9)11-7/h3-7,11H,2H2,1H3. The third-order valence-corrected chi connectivity index (χ3v) is 2.68. The number of anilines is 1. The molecule has 0 bridgehead atoms. The molecule has 2 aromatic rings. The van der Waals surface area contributed by atoms with E-state index in [0.29, 0.717) is 0 Å². The van der Waals surface area contributed by atoms with Crippen LogP contribution in [0.3, 0.4) is 0 Å². The minimum atomic E-state index is 0.204. The topological polar surface area (TPSA) is 55.6 Å². The third-order valence-electron chi connectivity index (χ3n) is 2.68. The van der Waals surface area contributed by atoms with E-state index >= 15 is 0 Å². The molecule has 3 rings (SSSR count). The van der Waals surface area contributed by atoms with Crippen LogP contribution in [0.4, 0.5) is 5.69 Å². The molecule has 0 amide bonds. The van der Waals surface area contributed by atoms with E-state index in [9.17, 15) is 0 Å². The Bertz CT molecular complexity index is 490. The molecule has 1 N–H and O–H groups in total. The summed E-state index contributed by atoms with van der Waals surface area (Å²) in [6, 6.07) is 8.25. The average Bonchev–Trinajstić information content (AvgIpc) is 2.77. The summed E-state index contributed by atoms with van der Waals surface area (Å²) < 4.78 is 1.81. The van der Waals surface area contributed by atoms with Gasteiger partial charge >= 0.3 is 0 Å². The number of rotatable bonds is 1. The summed E-state index contributed by atoms with van der Waals surface area (Å²) >= 11 is 0. The Morgan fingerprint density at radius 2 is 2.27 bits per heavy atom. The second-order valence-corrected chi connectivity index (χ2v) is 3.57. The minimum Gasteiger partial charge on any atom is -0.373 e. The van der Waals surface area contributed by atoms with Crippen LogP contribution >= 0.6 is 0 Å². The smallest absolute Gasteiger partial charge is 0.178 e. The molecule has 0 aliphatic carbocycles. The first-order chi connectivity index (χ1) is 7.40. The van der Waals surface area contributed by atoms with E-state index in [4.69, 9.17) is 0 Å². The highest BCUT2D eigenvalue weighted by Crippen LogP contribution is 2.31. The van der Waals surface area contributed by atoms with Gasteiger partial charge in [-0.3, -0.25) is 0 Å². The number of nitrogens with zero attached hydrogens (tertiary/aromatic N) is 4. The number of aromatic nitrogens is 4. The van der Waals surface area contributed by atoms with Crippen molar-refractivity contribution in [3.8, 4) is 5.69 Å². The van der Waals surface area contributed by atoms with Gasteiger partial charge in [-0.2, -0.15) is 4.68 Å². The summed E-state index contributed by atoms with van der Waals surface area (Å²) in [5.74, 6) is 0.885. The molecular formula is C10H11N5. The lowest BCUT2D eigenvalue weighted by molar-refractivity contribution is 0.638. The van der Waals surface area contributed by atoms with E-state index in [1.54, 1.807) is 4.68 Å². The van der Waals surface area contributed by atoms with Crippen LogP contribution in [0, 0.1) is 0 Å². The first-order valence-electron chi connectivity index (χ1n) is 5.04. The van der Waals surface area contributed by atoms with Crippen LogP contribution in [0.5, 0.6) is 0 Å². The fraction of sp³-hybridized carbons (Fsp3) is 0.300. The molecule has 0 fully saturated rings. The molecule has 0 saturated heterocycles. The number of hydrogen-bond donors (Lipinski definition) is 1. The number of para-hydroxylation sites is 2. The predicted octanol–water partition coefficient (Wildman–Crippen LogP) is 1.54. The van der Waals surface area contributed by atoms with Crippen molar-refractivity contribution in [2.45, 2.75) is 19.4 Å². The maximum atomic E-state index is 4.05. The Morgan fingerprint density at radius 1 is 1.40 bits per heavy atom. The maximum absolute atomic E-state index is 4.05. The molecule has 0 saturated carbocycles. The quantitative estimate of drug-likeness (QED) is 0.760. The Kier molecular flexibility index (Phi) is 1.71. The molecule has 0 radical (unpaired) electrons. The van der Waals surface area contributed by atoms with Crippen LogP contribution in [-0.2, 0) is 0 Å². The van der Waals surface area contributed by atoms with Gasteiger partial charge < -0.3 is 5.32 Å². The minimum absolute atomic E-state index is 0.204. The van der Waals surface area contributed by atoms with Gasteiger partial charge in [-0.1, -0.05) is 19.1 Å². The lowest BCUT2D eigenvalue weighted by Crippen LogP contribution is -2.22. The van der Waals surface area contributed by atoms with Crippen LogP contribution < -0.4 is 5.32 Å². The summed E-state index contributed by atoms with van der Waals surface area (Å²) in [7, 11) is 0. The lowest BCUT2D eigenvalue weighted by Gasteiger charge is -2.24. The predicted molar refractivity (Wildman–Crippen MR) is 55.8 cm³/mol. The van der Waals surface area contributed by atoms with Crippen LogP contribution in [0.2, 0.25) is 0 Å². The average molecular weight is 201 g/mol. The highest BCUT2D eigenvalue weighted by atomic mass is 15.6. The maximum Gasteiger partial charge on any atom is 0.178 e. The van der Waals surface area contributed by atoms with E-state index in [0.717, 1.165) is 23.6 Å². The Balaban J connectivity index is 2.22. The molecule has 0 spiro atoms. The zero-order chi connectivity index (χ0) is 10.3. The van der Waals surface area contributed by atoms with Gasteiger partial charge in [0.2, 0.25) is 0 Å². The highest BCUT2D eigenvalue weighted by Gasteiger charge is 2.25. The Hall–Kier alpha value is -1.91. The largest absolute Gasteiger partial charge is 0.373 e. The van der Waals surface area contributed by atoms with Gasteiger partial charge in [0.05, 0.1) is 17.4 Å². The van der Waals surface area contributed by atoms with E-state index in [1.807, 2.05) is 24.3 Å². The second-order valence-electron chi connectivity index (χ2n) is 3.57. The van der Waals surface area contributed by atoms with Crippen molar-refractivity contribution in [1.29, 1.82) is 0 Å². The number of fused-ring (bicyclic) bond motifs is 3. The SMILES string of the molecule is CCC1Nc2ccccc2-n2nnnc21. The van der Waals surface area contributed by atoms with Gasteiger partial charge in [0, 0.05) is 0 Å². The van der Waals surface area contributed by atoms with Gasteiger partial charge in [-0.05, 0) is 29.0 Å². The summed E-state index contributed by atoms with van der Waals surface area (Å²) in [6.07, 6.45) is 0.967. The zero-order valence-corrected chi connectivity index (χ0v) is 8.38. The lowest BCUT2D eigenvalue weighted by atomic mass is 10.1. The van der Waals surface area contributed by atoms with E-state index in [1.165, 1.54) is 0 Å². The first-order valence-corrected chi connectivity index (χ1v) is 5.04. The summed E-state index contributed by atoms with van der Waals surface area (Å²) in [4.78, 5) is 0. The van der Waals surface area contributed by atoms with Gasteiger partial charge in [0.25, 0.3) is 0 Å². The van der Waals surface area contributed by atoms with Gasteiger partial charge in [-0.25, -0.2) is 0 Å². The zero-order valence-electron chi connectivity index (χ0n) is 8.38. The summed E-state index contributed by atoms with van der Waals surface area (Å²) in [5, 5.41) is 15.2. The van der Waals surface area contributed by atoms with Crippen molar-refractivity contribution in [2.24, 2.45) is 0 Å². The van der Waals surface area contributed by atoms with Crippen molar-refractivity contribution in [3.05, 3.63) is 30.1 Å². The Labute approximate surface area is 87.1 Å².